The number of halogens is 1. The molecule has 3 rings (SSSR count). The minimum absolute atomic E-state index is 0.247. The topological polar surface area (TPSA) is 64.9 Å². The Morgan fingerprint density at radius 2 is 1.91 bits per heavy atom. The second kappa shape index (κ2) is 6.43. The van der Waals surface area contributed by atoms with Crippen LogP contribution in [-0.4, -0.2) is 6.03 Å². The van der Waals surface area contributed by atoms with Crippen molar-refractivity contribution in [1.29, 1.82) is 5.26 Å². The number of hydrogen-bond donors (Lipinski definition) is 2. The molecule has 0 spiro atoms. The number of benzene rings is 2. The molecule has 0 aromatic heterocycles. The van der Waals surface area contributed by atoms with Gasteiger partial charge in [-0.15, -0.1) is 0 Å². The largest absolute Gasteiger partial charge is 0.328 e. The van der Waals surface area contributed by atoms with E-state index in [4.69, 9.17) is 5.26 Å². The van der Waals surface area contributed by atoms with Crippen molar-refractivity contribution in [2.24, 2.45) is 0 Å². The Hall–Kier alpha value is -2.32. The molecule has 0 heterocycles. The summed E-state index contributed by atoms with van der Waals surface area (Å²) in [5.41, 5.74) is 1.96. The number of hydrogen-bond acceptors (Lipinski definition) is 2. The van der Waals surface area contributed by atoms with Crippen molar-refractivity contribution in [1.82, 2.24) is 5.32 Å². The van der Waals surface area contributed by atoms with Gasteiger partial charge in [0.2, 0.25) is 0 Å². The van der Waals surface area contributed by atoms with Gasteiger partial charge < -0.3 is 10.6 Å². The Bertz CT molecular complexity index is 761. The zero-order valence-corrected chi connectivity index (χ0v) is 14.1. The smallest absolute Gasteiger partial charge is 0.319 e. The second-order valence-corrected chi connectivity index (χ2v) is 6.63. The molecule has 2 amide bonds. The highest BCUT2D eigenvalue weighted by Gasteiger charge is 2.40. The lowest BCUT2D eigenvalue weighted by Crippen LogP contribution is -2.52. The number of nitrogens with one attached hydrogen (secondary N) is 2. The molecule has 4 nitrogen and oxygen atoms in total. The summed E-state index contributed by atoms with van der Waals surface area (Å²) in [6.45, 7) is 0. The maximum absolute atomic E-state index is 12.3. The highest BCUT2D eigenvalue weighted by atomic mass is 79.9. The van der Waals surface area contributed by atoms with Crippen LogP contribution in [0.25, 0.3) is 0 Å². The summed E-state index contributed by atoms with van der Waals surface area (Å²) in [5, 5.41) is 14.8. The van der Waals surface area contributed by atoms with E-state index in [-0.39, 0.29) is 11.6 Å². The standard InChI is InChI=1S/C18H16BrN3O/c19-15-7-5-14(6-8-15)18(9-2-10-18)22-17(23)21-16-4-1-3-13(11-16)12-20/h1,3-8,11H,2,9-10H2,(H2,21,22,23). The SMILES string of the molecule is N#Cc1cccc(NC(=O)NC2(c3ccc(Br)cc3)CCC2)c1. The minimum atomic E-state index is -0.294. The first kappa shape index (κ1) is 15.6. The van der Waals surface area contributed by atoms with Crippen molar-refractivity contribution in [2.45, 2.75) is 24.8 Å². The molecule has 0 aliphatic heterocycles. The van der Waals surface area contributed by atoms with E-state index in [1.807, 2.05) is 24.3 Å². The van der Waals surface area contributed by atoms with Gasteiger partial charge in [0.15, 0.2) is 0 Å². The number of anilines is 1. The van der Waals surface area contributed by atoms with Gasteiger partial charge in [-0.1, -0.05) is 34.1 Å². The van der Waals surface area contributed by atoms with Crippen LogP contribution in [0.1, 0.15) is 30.4 Å². The molecule has 0 saturated heterocycles. The number of carbonyl (C=O) groups is 1. The second-order valence-electron chi connectivity index (χ2n) is 5.71. The molecule has 1 aliphatic carbocycles. The third kappa shape index (κ3) is 3.38. The number of amides is 2. The van der Waals surface area contributed by atoms with Crippen molar-refractivity contribution in [3.05, 3.63) is 64.1 Å². The summed E-state index contributed by atoms with van der Waals surface area (Å²) in [5.74, 6) is 0. The predicted octanol–water partition coefficient (Wildman–Crippen LogP) is 4.52. The third-order valence-electron chi connectivity index (χ3n) is 4.21. The molecule has 1 saturated carbocycles. The highest BCUT2D eigenvalue weighted by Crippen LogP contribution is 2.41. The summed E-state index contributed by atoms with van der Waals surface area (Å²) >= 11 is 3.43. The fraction of sp³-hybridized carbons (Fsp3) is 0.222. The molecule has 2 aromatic rings. The minimum Gasteiger partial charge on any atom is -0.328 e. The zero-order valence-electron chi connectivity index (χ0n) is 12.5. The van der Waals surface area contributed by atoms with Gasteiger partial charge in [0.25, 0.3) is 0 Å². The first-order valence-electron chi connectivity index (χ1n) is 7.47. The van der Waals surface area contributed by atoms with Crippen LogP contribution in [0.3, 0.4) is 0 Å². The van der Waals surface area contributed by atoms with Gasteiger partial charge in [-0.25, -0.2) is 4.79 Å². The lowest BCUT2D eigenvalue weighted by molar-refractivity contribution is 0.185. The summed E-state index contributed by atoms with van der Waals surface area (Å²) in [4.78, 5) is 12.3. The zero-order chi connectivity index (χ0) is 16.3. The quantitative estimate of drug-likeness (QED) is 0.834. The van der Waals surface area contributed by atoms with E-state index in [0.717, 1.165) is 29.3 Å². The van der Waals surface area contributed by atoms with Crippen LogP contribution in [0.5, 0.6) is 0 Å². The Balaban J connectivity index is 1.73. The first-order valence-corrected chi connectivity index (χ1v) is 8.26. The summed E-state index contributed by atoms with van der Waals surface area (Å²) in [7, 11) is 0. The Morgan fingerprint density at radius 3 is 2.52 bits per heavy atom. The fourth-order valence-electron chi connectivity index (χ4n) is 2.83. The molecule has 1 aliphatic rings. The number of carbonyl (C=O) groups excluding carboxylic acids is 1. The van der Waals surface area contributed by atoms with E-state index >= 15 is 0 Å². The van der Waals surface area contributed by atoms with Gasteiger partial charge in [0.1, 0.15) is 0 Å². The molecule has 0 unspecified atom stereocenters. The lowest BCUT2D eigenvalue weighted by atomic mass is 9.72. The Morgan fingerprint density at radius 1 is 1.17 bits per heavy atom. The number of urea groups is 1. The third-order valence-corrected chi connectivity index (χ3v) is 4.73. The molecule has 116 valence electrons. The van der Waals surface area contributed by atoms with Crippen molar-refractivity contribution >= 4 is 27.6 Å². The molecule has 2 N–H and O–H groups in total. The van der Waals surface area contributed by atoms with Crippen molar-refractivity contribution < 1.29 is 4.79 Å². The predicted molar refractivity (Wildman–Crippen MR) is 93.0 cm³/mol. The van der Waals surface area contributed by atoms with E-state index in [0.29, 0.717) is 11.3 Å². The average molecular weight is 370 g/mol. The molecule has 1 fully saturated rings. The lowest BCUT2D eigenvalue weighted by Gasteiger charge is -2.43. The van der Waals surface area contributed by atoms with Crippen LogP contribution in [0.15, 0.2) is 53.0 Å². The van der Waals surface area contributed by atoms with Gasteiger partial charge in [-0.05, 0) is 55.2 Å². The van der Waals surface area contributed by atoms with Crippen molar-refractivity contribution in [3.8, 4) is 6.07 Å². The summed E-state index contributed by atoms with van der Waals surface area (Å²) in [6.07, 6.45) is 2.96. The number of nitriles is 1. The van der Waals surface area contributed by atoms with E-state index in [2.05, 4.69) is 32.6 Å². The van der Waals surface area contributed by atoms with Gasteiger partial charge in [0, 0.05) is 10.2 Å². The van der Waals surface area contributed by atoms with E-state index in [9.17, 15) is 4.79 Å². The highest BCUT2D eigenvalue weighted by molar-refractivity contribution is 9.10. The summed E-state index contributed by atoms with van der Waals surface area (Å²) in [6, 6.07) is 16.8. The van der Waals surface area contributed by atoms with E-state index in [1.54, 1.807) is 24.3 Å². The molecule has 5 heteroatoms. The molecule has 0 radical (unpaired) electrons. The average Bonchev–Trinajstić information content (AvgIpc) is 2.52. The van der Waals surface area contributed by atoms with E-state index < -0.39 is 0 Å². The van der Waals surface area contributed by atoms with Crippen molar-refractivity contribution in [2.75, 3.05) is 5.32 Å². The van der Waals surface area contributed by atoms with Gasteiger partial charge in [-0.2, -0.15) is 5.26 Å². The van der Waals surface area contributed by atoms with Crippen LogP contribution in [0.2, 0.25) is 0 Å². The molecular weight excluding hydrogens is 354 g/mol. The van der Waals surface area contributed by atoms with Crippen LogP contribution in [0, 0.1) is 11.3 Å². The maximum atomic E-state index is 12.3. The first-order chi connectivity index (χ1) is 11.1. The van der Waals surface area contributed by atoms with E-state index in [1.165, 1.54) is 0 Å². The number of nitrogens with zero attached hydrogens (tertiary/aromatic N) is 1. The normalized spacial score (nSPS) is 15.1. The van der Waals surface area contributed by atoms with Crippen LogP contribution in [-0.2, 0) is 5.54 Å². The Labute approximate surface area is 143 Å². The van der Waals surface area contributed by atoms with Gasteiger partial charge in [-0.3, -0.25) is 0 Å². The fourth-order valence-corrected chi connectivity index (χ4v) is 3.10. The number of rotatable bonds is 3. The van der Waals surface area contributed by atoms with Gasteiger partial charge >= 0.3 is 6.03 Å². The molecule has 23 heavy (non-hydrogen) atoms. The Kier molecular flexibility index (Phi) is 4.35. The molecule has 0 atom stereocenters. The van der Waals surface area contributed by atoms with Crippen molar-refractivity contribution in [3.63, 3.8) is 0 Å². The maximum Gasteiger partial charge on any atom is 0.319 e. The van der Waals surface area contributed by atoms with Gasteiger partial charge in [0.05, 0.1) is 17.2 Å². The van der Waals surface area contributed by atoms with Crippen LogP contribution in [0.4, 0.5) is 10.5 Å². The van der Waals surface area contributed by atoms with Crippen LogP contribution >= 0.6 is 15.9 Å². The van der Waals surface area contributed by atoms with Crippen LogP contribution < -0.4 is 10.6 Å². The summed E-state index contributed by atoms with van der Waals surface area (Å²) < 4.78 is 1.02. The molecule has 2 aromatic carbocycles. The molecule has 0 bridgehead atoms. The molecular formula is C18H16BrN3O. The monoisotopic (exact) mass is 369 g/mol.